The van der Waals surface area contributed by atoms with Crippen LogP contribution in [0.15, 0.2) is 46.1 Å². The molecule has 0 aliphatic carbocycles. The van der Waals surface area contributed by atoms with Gasteiger partial charge in [-0.05, 0) is 28.0 Å². The van der Waals surface area contributed by atoms with Crippen molar-refractivity contribution in [2.24, 2.45) is 4.99 Å². The number of thiophene rings is 1. The zero-order valence-corrected chi connectivity index (χ0v) is 17.9. The van der Waals surface area contributed by atoms with Gasteiger partial charge >= 0.3 is 0 Å². The molecule has 2 aromatic rings. The molecule has 1 aromatic heterocycles. The van der Waals surface area contributed by atoms with E-state index in [2.05, 4.69) is 27.1 Å². The minimum absolute atomic E-state index is 0. The van der Waals surface area contributed by atoms with E-state index in [0.29, 0.717) is 19.7 Å². The molecule has 0 atom stereocenters. The zero-order valence-electron chi connectivity index (χ0n) is 14.8. The van der Waals surface area contributed by atoms with Crippen LogP contribution in [0.5, 0.6) is 0 Å². The summed E-state index contributed by atoms with van der Waals surface area (Å²) in [5, 5.41) is 18.2. The monoisotopic (exact) mass is 490 g/mol. The Labute approximate surface area is 174 Å². The van der Waals surface area contributed by atoms with Gasteiger partial charge in [-0.25, -0.2) is 4.99 Å². The van der Waals surface area contributed by atoms with Gasteiger partial charge in [0.25, 0.3) is 5.69 Å². The van der Waals surface area contributed by atoms with Crippen molar-refractivity contribution in [1.29, 1.82) is 0 Å². The van der Waals surface area contributed by atoms with Crippen molar-refractivity contribution in [3.05, 3.63) is 62.3 Å². The van der Waals surface area contributed by atoms with Gasteiger partial charge in [0.15, 0.2) is 5.96 Å². The van der Waals surface area contributed by atoms with Crippen LogP contribution in [0.3, 0.4) is 0 Å². The molecular weight excluding hydrogens is 467 g/mol. The first-order valence-electron chi connectivity index (χ1n) is 7.83. The summed E-state index contributed by atoms with van der Waals surface area (Å²) in [4.78, 5) is 17.0. The molecule has 9 heteroatoms. The van der Waals surface area contributed by atoms with Crippen LogP contribution >= 0.6 is 35.3 Å². The fourth-order valence-electron chi connectivity index (χ4n) is 2.20. The number of methoxy groups -OCH3 is 1. The van der Waals surface area contributed by atoms with Gasteiger partial charge in [-0.2, -0.15) is 11.3 Å². The van der Waals surface area contributed by atoms with E-state index in [-0.39, 0.29) is 29.7 Å². The lowest BCUT2D eigenvalue weighted by Crippen LogP contribution is -2.40. The molecule has 26 heavy (non-hydrogen) atoms. The number of nitro groups is 1. The smallest absolute Gasteiger partial charge is 0.269 e. The summed E-state index contributed by atoms with van der Waals surface area (Å²) in [6.45, 7) is 2.44. The highest BCUT2D eigenvalue weighted by molar-refractivity contribution is 14.0. The number of benzene rings is 1. The summed E-state index contributed by atoms with van der Waals surface area (Å²) in [7, 11) is 3.64. The summed E-state index contributed by atoms with van der Waals surface area (Å²) in [5.41, 5.74) is 2.23. The molecule has 1 aromatic carbocycles. The van der Waals surface area contributed by atoms with Crippen molar-refractivity contribution >= 4 is 47.0 Å². The van der Waals surface area contributed by atoms with Crippen molar-refractivity contribution in [3.63, 3.8) is 0 Å². The van der Waals surface area contributed by atoms with E-state index in [1.54, 1.807) is 30.6 Å². The van der Waals surface area contributed by atoms with Crippen LogP contribution in [0.1, 0.15) is 11.1 Å². The molecule has 1 N–H and O–H groups in total. The van der Waals surface area contributed by atoms with Crippen molar-refractivity contribution in [3.8, 4) is 0 Å². The Bertz CT molecular complexity index is 693. The Morgan fingerprint density at radius 3 is 2.62 bits per heavy atom. The predicted molar refractivity (Wildman–Crippen MR) is 115 cm³/mol. The van der Waals surface area contributed by atoms with Crippen molar-refractivity contribution in [1.82, 2.24) is 10.2 Å². The molecule has 0 amide bonds. The molecule has 0 spiro atoms. The number of aliphatic imine (C=N–C) groups is 1. The third-order valence-corrected chi connectivity index (χ3v) is 4.24. The van der Waals surface area contributed by atoms with Gasteiger partial charge < -0.3 is 15.0 Å². The molecular formula is C17H23IN4O3S. The number of ether oxygens (including phenoxy) is 1. The van der Waals surface area contributed by atoms with Gasteiger partial charge in [0.05, 0.1) is 18.1 Å². The summed E-state index contributed by atoms with van der Waals surface area (Å²) in [6, 6.07) is 8.54. The average Bonchev–Trinajstić information content (AvgIpc) is 3.11. The lowest BCUT2D eigenvalue weighted by atomic mass is 10.2. The van der Waals surface area contributed by atoms with Crippen LogP contribution in [0, 0.1) is 10.1 Å². The van der Waals surface area contributed by atoms with Crippen LogP contribution in [-0.4, -0.2) is 43.1 Å². The average molecular weight is 490 g/mol. The third kappa shape index (κ3) is 7.26. The number of non-ortho nitro benzene ring substituents is 1. The normalized spacial score (nSPS) is 10.9. The summed E-state index contributed by atoms with van der Waals surface area (Å²) in [6.07, 6.45) is 0. The van der Waals surface area contributed by atoms with E-state index in [0.717, 1.165) is 18.1 Å². The quantitative estimate of drug-likeness (QED) is 0.153. The zero-order chi connectivity index (χ0) is 18.1. The Morgan fingerprint density at radius 1 is 1.31 bits per heavy atom. The Hall–Kier alpha value is -1.72. The molecule has 2 rings (SSSR count). The highest BCUT2D eigenvalue weighted by atomic mass is 127. The van der Waals surface area contributed by atoms with E-state index in [4.69, 9.17) is 4.74 Å². The maximum Gasteiger partial charge on any atom is 0.269 e. The molecule has 1 heterocycles. The van der Waals surface area contributed by atoms with E-state index < -0.39 is 4.92 Å². The molecule has 0 saturated heterocycles. The van der Waals surface area contributed by atoms with Gasteiger partial charge in [-0.1, -0.05) is 12.1 Å². The summed E-state index contributed by atoms with van der Waals surface area (Å²) < 4.78 is 5.08. The van der Waals surface area contributed by atoms with Crippen molar-refractivity contribution in [2.45, 2.75) is 13.1 Å². The predicted octanol–water partition coefficient (Wildman–Crippen LogP) is 3.50. The first-order chi connectivity index (χ1) is 12.1. The second-order valence-corrected chi connectivity index (χ2v) is 6.25. The van der Waals surface area contributed by atoms with E-state index in [1.165, 1.54) is 17.7 Å². The van der Waals surface area contributed by atoms with Crippen molar-refractivity contribution in [2.75, 3.05) is 27.3 Å². The first kappa shape index (κ1) is 22.3. The summed E-state index contributed by atoms with van der Waals surface area (Å²) >= 11 is 1.67. The number of nitro benzene ring substituents is 1. The van der Waals surface area contributed by atoms with Crippen LogP contribution in [0.4, 0.5) is 5.69 Å². The molecule has 0 aliphatic rings. The van der Waals surface area contributed by atoms with Gasteiger partial charge in [-0.3, -0.25) is 10.1 Å². The Kier molecular flexibility index (Phi) is 10.1. The van der Waals surface area contributed by atoms with Crippen molar-refractivity contribution < 1.29 is 9.66 Å². The maximum atomic E-state index is 10.7. The maximum absolute atomic E-state index is 10.7. The lowest BCUT2D eigenvalue weighted by Gasteiger charge is -2.22. The second-order valence-electron chi connectivity index (χ2n) is 5.47. The summed E-state index contributed by atoms with van der Waals surface area (Å²) in [5.74, 6) is 0.765. The molecule has 0 fully saturated rings. The molecule has 0 radical (unpaired) electrons. The van der Waals surface area contributed by atoms with E-state index in [1.807, 2.05) is 11.9 Å². The molecule has 7 nitrogen and oxygen atoms in total. The Morgan fingerprint density at radius 2 is 2.04 bits per heavy atom. The minimum Gasteiger partial charge on any atom is -0.383 e. The molecule has 0 saturated carbocycles. The van der Waals surface area contributed by atoms with E-state index >= 15 is 0 Å². The molecule has 0 aliphatic heterocycles. The number of hydrogen-bond donors (Lipinski definition) is 1. The highest BCUT2D eigenvalue weighted by Gasteiger charge is 2.08. The topological polar surface area (TPSA) is 80.0 Å². The largest absolute Gasteiger partial charge is 0.383 e. The molecule has 0 unspecified atom stereocenters. The fourth-order valence-corrected chi connectivity index (χ4v) is 2.86. The van der Waals surface area contributed by atoms with Crippen LogP contribution in [0.2, 0.25) is 0 Å². The minimum atomic E-state index is -0.403. The van der Waals surface area contributed by atoms with Gasteiger partial charge in [0, 0.05) is 39.4 Å². The SMILES string of the molecule is COCCNC(=NCc1ccc([N+](=O)[O-])cc1)N(C)Cc1ccsc1.I. The molecule has 0 bridgehead atoms. The third-order valence-electron chi connectivity index (χ3n) is 3.51. The Balaban J connectivity index is 0.00000338. The molecule has 142 valence electrons. The number of nitrogens with one attached hydrogen (secondary N) is 1. The second kappa shape index (κ2) is 11.8. The standard InChI is InChI=1S/C17H22N4O3S.HI/c1-20(12-15-7-10-25-13-15)17(18-8-9-24-2)19-11-14-3-5-16(6-4-14)21(22)23;/h3-7,10,13H,8-9,11-12H2,1-2H3,(H,18,19);1H. The lowest BCUT2D eigenvalue weighted by molar-refractivity contribution is -0.384. The number of guanidine groups is 1. The number of hydrogen-bond acceptors (Lipinski definition) is 5. The van der Waals surface area contributed by atoms with E-state index in [9.17, 15) is 10.1 Å². The number of rotatable bonds is 8. The van der Waals surface area contributed by atoms with Gasteiger partial charge in [-0.15, -0.1) is 24.0 Å². The highest BCUT2D eigenvalue weighted by Crippen LogP contribution is 2.13. The fraction of sp³-hybridized carbons (Fsp3) is 0.353. The van der Waals surface area contributed by atoms with Crippen LogP contribution < -0.4 is 5.32 Å². The number of nitrogens with zero attached hydrogens (tertiary/aromatic N) is 3. The number of halogens is 1. The van der Waals surface area contributed by atoms with Crippen LogP contribution in [-0.2, 0) is 17.8 Å². The van der Waals surface area contributed by atoms with Crippen LogP contribution in [0.25, 0.3) is 0 Å². The first-order valence-corrected chi connectivity index (χ1v) is 8.77. The van der Waals surface area contributed by atoms with Gasteiger partial charge in [0.1, 0.15) is 0 Å². The van der Waals surface area contributed by atoms with Gasteiger partial charge in [0.2, 0.25) is 0 Å².